The second kappa shape index (κ2) is 5.94. The van der Waals surface area contributed by atoms with Crippen LogP contribution in [0.5, 0.6) is 0 Å². The van der Waals surface area contributed by atoms with E-state index in [0.717, 1.165) is 38.5 Å². The van der Waals surface area contributed by atoms with E-state index in [0.29, 0.717) is 6.42 Å². The summed E-state index contributed by atoms with van der Waals surface area (Å²) >= 11 is 0. The molecule has 1 atom stereocenters. The van der Waals surface area contributed by atoms with Crippen LogP contribution in [-0.4, -0.2) is 33.8 Å². The number of aliphatic carboxylic acids is 1. The minimum absolute atomic E-state index is 0.109. The van der Waals surface area contributed by atoms with Crippen molar-refractivity contribution in [1.29, 1.82) is 0 Å². The average molecular weight is 281 g/mol. The van der Waals surface area contributed by atoms with E-state index in [2.05, 4.69) is 0 Å². The summed E-state index contributed by atoms with van der Waals surface area (Å²) in [7, 11) is 0. The van der Waals surface area contributed by atoms with E-state index in [4.69, 9.17) is 5.11 Å². The Labute approximate surface area is 119 Å². The maximum absolute atomic E-state index is 12.7. The second-order valence-corrected chi connectivity index (χ2v) is 6.13. The summed E-state index contributed by atoms with van der Waals surface area (Å²) in [5.74, 6) is -1.23. The lowest BCUT2D eigenvalue weighted by Gasteiger charge is -2.32. The predicted molar refractivity (Wildman–Crippen MR) is 72.9 cm³/mol. The van der Waals surface area contributed by atoms with Crippen LogP contribution < -0.4 is 0 Å². The summed E-state index contributed by atoms with van der Waals surface area (Å²) in [5, 5.41) is 9.00. The number of nitrogens with zero attached hydrogens (tertiary/aromatic N) is 1. The normalized spacial score (nSPS) is 23.4. The highest BCUT2D eigenvalue weighted by Crippen LogP contribution is 2.46. The van der Waals surface area contributed by atoms with E-state index in [1.54, 1.807) is 0 Å². The van der Waals surface area contributed by atoms with Gasteiger partial charge >= 0.3 is 5.97 Å². The molecule has 0 aromatic rings. The van der Waals surface area contributed by atoms with Gasteiger partial charge in [-0.1, -0.05) is 32.6 Å². The lowest BCUT2D eigenvalue weighted by molar-refractivity contribution is -0.147. The molecule has 2 amide bonds. The van der Waals surface area contributed by atoms with Crippen molar-refractivity contribution < 1.29 is 19.5 Å². The fraction of sp³-hybridized carbons (Fsp3) is 0.800. The summed E-state index contributed by atoms with van der Waals surface area (Å²) < 4.78 is 0. The Morgan fingerprint density at radius 3 is 2.50 bits per heavy atom. The van der Waals surface area contributed by atoms with Gasteiger partial charge in [0.15, 0.2) is 0 Å². The molecule has 1 spiro atoms. The molecule has 0 aromatic carbocycles. The van der Waals surface area contributed by atoms with Crippen LogP contribution in [-0.2, 0) is 14.4 Å². The van der Waals surface area contributed by atoms with Gasteiger partial charge in [-0.25, -0.2) is 0 Å². The van der Waals surface area contributed by atoms with E-state index in [1.165, 1.54) is 4.90 Å². The van der Waals surface area contributed by atoms with Gasteiger partial charge in [0.25, 0.3) is 0 Å². The summed E-state index contributed by atoms with van der Waals surface area (Å²) in [6.07, 6.45) is 6.14. The standard InChI is InChI=1S/C15H23NO4/c1-2-6-11(9-13(18)19)16-12(17)10-15(14(16)20)7-4-3-5-8-15/h11H,2-10H2,1H3,(H,18,19). The molecule has 2 rings (SSSR count). The minimum atomic E-state index is -0.950. The van der Waals surface area contributed by atoms with Gasteiger partial charge in [-0.05, 0) is 19.3 Å². The van der Waals surface area contributed by atoms with Gasteiger partial charge in [0, 0.05) is 6.42 Å². The van der Waals surface area contributed by atoms with Crippen LogP contribution in [0.15, 0.2) is 0 Å². The molecule has 0 aromatic heterocycles. The lowest BCUT2D eigenvalue weighted by Crippen LogP contribution is -2.44. The summed E-state index contributed by atoms with van der Waals surface area (Å²) in [5.41, 5.74) is -0.514. The number of likely N-dealkylation sites (tertiary alicyclic amines) is 1. The number of carboxylic acids is 1. The van der Waals surface area contributed by atoms with E-state index < -0.39 is 17.4 Å². The Morgan fingerprint density at radius 1 is 1.30 bits per heavy atom. The first-order valence-corrected chi connectivity index (χ1v) is 7.58. The topological polar surface area (TPSA) is 74.7 Å². The van der Waals surface area contributed by atoms with E-state index in [9.17, 15) is 14.4 Å². The molecule has 112 valence electrons. The van der Waals surface area contributed by atoms with Crippen molar-refractivity contribution in [2.75, 3.05) is 0 Å². The minimum Gasteiger partial charge on any atom is -0.481 e. The Kier molecular flexibility index (Phi) is 4.45. The van der Waals surface area contributed by atoms with E-state index in [-0.39, 0.29) is 24.7 Å². The summed E-state index contributed by atoms with van der Waals surface area (Å²) in [4.78, 5) is 37.2. The fourth-order valence-corrected chi connectivity index (χ4v) is 3.66. The van der Waals surface area contributed by atoms with Gasteiger partial charge in [0.2, 0.25) is 11.8 Å². The molecule has 1 aliphatic heterocycles. The zero-order chi connectivity index (χ0) is 14.8. The Hall–Kier alpha value is -1.39. The van der Waals surface area contributed by atoms with Crippen LogP contribution in [0.4, 0.5) is 0 Å². The molecule has 0 radical (unpaired) electrons. The number of carbonyl (C=O) groups excluding carboxylic acids is 2. The number of hydrogen-bond donors (Lipinski definition) is 1. The number of imide groups is 1. The van der Waals surface area contributed by atoms with Crippen molar-refractivity contribution in [1.82, 2.24) is 4.90 Å². The van der Waals surface area contributed by atoms with E-state index in [1.807, 2.05) is 6.92 Å². The van der Waals surface area contributed by atoms with Crippen LogP contribution in [0.3, 0.4) is 0 Å². The Bertz CT molecular complexity index is 412. The van der Waals surface area contributed by atoms with Crippen LogP contribution in [0, 0.1) is 5.41 Å². The van der Waals surface area contributed by atoms with Gasteiger partial charge < -0.3 is 5.11 Å². The third-order valence-electron chi connectivity index (χ3n) is 4.64. The molecule has 1 N–H and O–H groups in total. The smallest absolute Gasteiger partial charge is 0.305 e. The zero-order valence-corrected chi connectivity index (χ0v) is 12.1. The highest BCUT2D eigenvalue weighted by atomic mass is 16.4. The molecule has 5 heteroatoms. The molecule has 1 heterocycles. The van der Waals surface area contributed by atoms with Crippen molar-refractivity contribution >= 4 is 17.8 Å². The third kappa shape index (κ3) is 2.72. The molecule has 1 aliphatic carbocycles. The highest BCUT2D eigenvalue weighted by molar-refractivity contribution is 6.06. The molecule has 2 fully saturated rings. The molecule has 20 heavy (non-hydrogen) atoms. The molecule has 5 nitrogen and oxygen atoms in total. The molecule has 1 saturated heterocycles. The number of amides is 2. The maximum atomic E-state index is 12.7. The van der Waals surface area contributed by atoms with Gasteiger partial charge in [-0.15, -0.1) is 0 Å². The first kappa shape index (κ1) is 15.0. The van der Waals surface area contributed by atoms with Crippen molar-refractivity contribution in [3.8, 4) is 0 Å². The largest absolute Gasteiger partial charge is 0.481 e. The van der Waals surface area contributed by atoms with Crippen LogP contribution in [0.25, 0.3) is 0 Å². The van der Waals surface area contributed by atoms with Crippen molar-refractivity contribution in [2.24, 2.45) is 5.41 Å². The number of carbonyl (C=O) groups is 3. The molecule has 2 aliphatic rings. The van der Waals surface area contributed by atoms with Gasteiger partial charge in [-0.2, -0.15) is 0 Å². The number of hydrogen-bond acceptors (Lipinski definition) is 3. The van der Waals surface area contributed by atoms with Crippen LogP contribution in [0.2, 0.25) is 0 Å². The maximum Gasteiger partial charge on any atom is 0.305 e. The second-order valence-electron chi connectivity index (χ2n) is 6.13. The molecular formula is C15H23NO4. The zero-order valence-electron chi connectivity index (χ0n) is 12.1. The monoisotopic (exact) mass is 281 g/mol. The van der Waals surface area contributed by atoms with Gasteiger partial charge in [0.1, 0.15) is 0 Å². The van der Waals surface area contributed by atoms with Gasteiger partial charge in [-0.3, -0.25) is 19.3 Å². The quantitative estimate of drug-likeness (QED) is 0.785. The number of rotatable bonds is 5. The summed E-state index contributed by atoms with van der Waals surface area (Å²) in [6.45, 7) is 1.94. The summed E-state index contributed by atoms with van der Waals surface area (Å²) in [6, 6.07) is -0.473. The highest BCUT2D eigenvalue weighted by Gasteiger charge is 2.53. The predicted octanol–water partition coefficient (Wildman–Crippen LogP) is 2.34. The van der Waals surface area contributed by atoms with Crippen molar-refractivity contribution in [3.05, 3.63) is 0 Å². The lowest BCUT2D eigenvalue weighted by atomic mass is 9.73. The van der Waals surface area contributed by atoms with Crippen molar-refractivity contribution in [2.45, 2.75) is 70.8 Å². The van der Waals surface area contributed by atoms with Crippen molar-refractivity contribution in [3.63, 3.8) is 0 Å². The number of carboxylic acid groups (broad SMARTS) is 1. The molecule has 0 bridgehead atoms. The fourth-order valence-electron chi connectivity index (χ4n) is 3.66. The average Bonchev–Trinajstić information content (AvgIpc) is 2.61. The molecule has 1 unspecified atom stereocenters. The van der Waals surface area contributed by atoms with E-state index >= 15 is 0 Å². The van der Waals surface area contributed by atoms with Crippen LogP contribution >= 0.6 is 0 Å². The third-order valence-corrected chi connectivity index (χ3v) is 4.64. The SMILES string of the molecule is CCCC(CC(=O)O)N1C(=O)CC2(CCCCC2)C1=O. The molecule has 1 saturated carbocycles. The Balaban J connectivity index is 2.19. The first-order chi connectivity index (χ1) is 9.50. The van der Waals surface area contributed by atoms with Gasteiger partial charge in [0.05, 0.1) is 17.9 Å². The Morgan fingerprint density at radius 2 is 1.95 bits per heavy atom. The molecular weight excluding hydrogens is 258 g/mol. The first-order valence-electron chi connectivity index (χ1n) is 7.58. The van der Waals surface area contributed by atoms with Crippen LogP contribution in [0.1, 0.15) is 64.7 Å².